The van der Waals surface area contributed by atoms with Crippen LogP contribution in [0.2, 0.25) is 0 Å². The van der Waals surface area contributed by atoms with Crippen molar-refractivity contribution in [1.29, 1.82) is 0 Å². The molecule has 0 radical (unpaired) electrons. The third-order valence-corrected chi connectivity index (χ3v) is 15.5. The minimum Gasteiger partial charge on any atom is -0.394 e. The Morgan fingerprint density at radius 3 is 1.11 bits per heavy atom. The Bertz CT molecular complexity index is 1200. The van der Waals surface area contributed by atoms with E-state index in [9.17, 15) is 30.3 Å². The van der Waals surface area contributed by atoms with E-state index in [1.54, 1.807) is 6.08 Å². The van der Waals surface area contributed by atoms with Crippen molar-refractivity contribution in [2.24, 2.45) is 0 Å². The van der Waals surface area contributed by atoms with Crippen molar-refractivity contribution in [2.45, 2.75) is 365 Å². The Morgan fingerprint density at radius 1 is 0.452 bits per heavy atom. The summed E-state index contributed by atoms with van der Waals surface area (Å²) in [5.41, 5.74) is 0. The molecule has 73 heavy (non-hydrogen) atoms. The van der Waals surface area contributed by atoms with Gasteiger partial charge >= 0.3 is 0 Å². The molecule has 0 spiro atoms. The number of carbonyl (C=O) groups is 1. The van der Waals surface area contributed by atoms with Crippen molar-refractivity contribution < 1.29 is 39.8 Å². The third-order valence-electron chi connectivity index (χ3n) is 15.5. The molecular weight excluding hydrogens is 911 g/mol. The van der Waals surface area contributed by atoms with Gasteiger partial charge in [-0.25, -0.2) is 0 Å². The first-order valence-electron chi connectivity index (χ1n) is 32.1. The maximum Gasteiger partial charge on any atom is 0.220 e. The molecule has 0 aromatic carbocycles. The predicted octanol–water partition coefficient (Wildman–Crippen LogP) is 16.5. The highest BCUT2D eigenvalue weighted by molar-refractivity contribution is 5.76. The van der Waals surface area contributed by atoms with E-state index in [0.29, 0.717) is 6.42 Å². The number of amides is 1. The van der Waals surface area contributed by atoms with Gasteiger partial charge in [0.2, 0.25) is 5.91 Å². The molecule has 0 saturated carbocycles. The van der Waals surface area contributed by atoms with Crippen LogP contribution in [0.25, 0.3) is 0 Å². The zero-order valence-corrected chi connectivity index (χ0v) is 48.2. The van der Waals surface area contributed by atoms with Gasteiger partial charge in [-0.15, -0.1) is 0 Å². The highest BCUT2D eigenvalue weighted by Gasteiger charge is 2.44. The summed E-state index contributed by atoms with van der Waals surface area (Å²) in [7, 11) is 0. The zero-order chi connectivity index (χ0) is 52.9. The van der Waals surface area contributed by atoms with Crippen LogP contribution in [0.15, 0.2) is 24.3 Å². The van der Waals surface area contributed by atoms with Gasteiger partial charge in [0.25, 0.3) is 0 Å². The van der Waals surface area contributed by atoms with Crippen molar-refractivity contribution in [3.05, 3.63) is 24.3 Å². The topological polar surface area (TPSA) is 149 Å². The number of rotatable bonds is 56. The number of hydrogen-bond acceptors (Lipinski definition) is 8. The maximum atomic E-state index is 13.0. The largest absolute Gasteiger partial charge is 0.394 e. The van der Waals surface area contributed by atoms with E-state index in [0.717, 1.165) is 38.5 Å². The Labute approximate surface area is 451 Å². The van der Waals surface area contributed by atoms with Crippen LogP contribution in [0.5, 0.6) is 0 Å². The molecule has 1 aliphatic rings. The minimum atomic E-state index is -1.56. The summed E-state index contributed by atoms with van der Waals surface area (Å²) >= 11 is 0. The minimum absolute atomic E-state index is 0.172. The molecule has 0 aliphatic carbocycles. The molecule has 1 heterocycles. The van der Waals surface area contributed by atoms with E-state index < -0.39 is 49.5 Å². The molecule has 1 aliphatic heterocycles. The monoisotopic (exact) mass is 1030 g/mol. The molecule has 1 saturated heterocycles. The number of allylic oxidation sites excluding steroid dienone is 3. The van der Waals surface area contributed by atoms with Gasteiger partial charge in [0.15, 0.2) is 6.29 Å². The first-order valence-corrected chi connectivity index (χ1v) is 32.1. The van der Waals surface area contributed by atoms with Gasteiger partial charge in [-0.1, -0.05) is 295 Å². The number of carbonyl (C=O) groups excluding carboxylic acids is 1. The van der Waals surface area contributed by atoms with Gasteiger partial charge in [0.1, 0.15) is 24.4 Å². The molecule has 1 fully saturated rings. The fourth-order valence-corrected chi connectivity index (χ4v) is 10.4. The van der Waals surface area contributed by atoms with Crippen molar-refractivity contribution in [3.8, 4) is 0 Å². The lowest BCUT2D eigenvalue weighted by Crippen LogP contribution is -2.60. The number of ether oxygens (including phenoxy) is 2. The Hall–Kier alpha value is -1.33. The van der Waals surface area contributed by atoms with E-state index in [2.05, 4.69) is 31.3 Å². The first kappa shape index (κ1) is 69.7. The van der Waals surface area contributed by atoms with Gasteiger partial charge in [0, 0.05) is 6.42 Å². The van der Waals surface area contributed by atoms with Gasteiger partial charge in [-0.05, 0) is 44.9 Å². The zero-order valence-electron chi connectivity index (χ0n) is 48.2. The summed E-state index contributed by atoms with van der Waals surface area (Å²) < 4.78 is 11.3. The van der Waals surface area contributed by atoms with Crippen LogP contribution in [-0.4, -0.2) is 87.5 Å². The summed E-state index contributed by atoms with van der Waals surface area (Å²) in [6, 6.07) is -0.802. The van der Waals surface area contributed by atoms with Crippen LogP contribution < -0.4 is 5.32 Å². The first-order chi connectivity index (χ1) is 35.8. The molecule has 432 valence electrons. The van der Waals surface area contributed by atoms with Crippen molar-refractivity contribution in [2.75, 3.05) is 13.2 Å². The molecule has 0 aromatic heterocycles. The van der Waals surface area contributed by atoms with E-state index in [4.69, 9.17) is 9.47 Å². The average molecular weight is 1030 g/mol. The molecular formula is C64H123NO8. The van der Waals surface area contributed by atoms with Crippen LogP contribution in [0.3, 0.4) is 0 Å². The second-order valence-electron chi connectivity index (χ2n) is 22.6. The van der Waals surface area contributed by atoms with E-state index in [1.807, 2.05) is 6.08 Å². The van der Waals surface area contributed by atoms with E-state index >= 15 is 0 Å². The normalized spacial score (nSPS) is 19.1. The maximum absolute atomic E-state index is 13.0. The number of nitrogens with one attached hydrogen (secondary N) is 1. The predicted molar refractivity (Wildman–Crippen MR) is 309 cm³/mol. The van der Waals surface area contributed by atoms with Gasteiger partial charge < -0.3 is 40.3 Å². The molecule has 7 unspecified atom stereocenters. The molecule has 1 rings (SSSR count). The smallest absolute Gasteiger partial charge is 0.220 e. The lowest BCUT2D eigenvalue weighted by atomic mass is 9.99. The number of aliphatic hydroxyl groups is 5. The summed E-state index contributed by atoms with van der Waals surface area (Å²) in [5.74, 6) is -0.172. The van der Waals surface area contributed by atoms with Crippen molar-refractivity contribution in [1.82, 2.24) is 5.32 Å². The molecule has 6 N–H and O–H groups in total. The Morgan fingerprint density at radius 2 is 0.767 bits per heavy atom. The van der Waals surface area contributed by atoms with Crippen LogP contribution in [0.4, 0.5) is 0 Å². The number of unbranched alkanes of at least 4 members (excludes halogenated alkanes) is 44. The summed E-state index contributed by atoms with van der Waals surface area (Å²) in [5, 5.41) is 54.5. The summed E-state index contributed by atoms with van der Waals surface area (Å²) in [6.45, 7) is 3.81. The Kier molecular flexibility index (Phi) is 51.6. The average Bonchev–Trinajstić information content (AvgIpc) is 3.39. The van der Waals surface area contributed by atoms with Gasteiger partial charge in [-0.3, -0.25) is 4.79 Å². The summed E-state index contributed by atoms with van der Waals surface area (Å²) in [4.78, 5) is 13.0. The quantitative estimate of drug-likeness (QED) is 0.0261. The molecule has 9 nitrogen and oxygen atoms in total. The highest BCUT2D eigenvalue weighted by atomic mass is 16.7. The van der Waals surface area contributed by atoms with Crippen LogP contribution in [-0.2, 0) is 14.3 Å². The molecule has 0 aromatic rings. The SMILES string of the molecule is CCCCCCCCCCCCC/C=C/C(O)C(COC1OC(CO)C(O)C(O)C1O)NC(=O)CCCCCCCCCCCCCCCCCCC/C=C\CCCCCCCCCCCCCCCCCC. The van der Waals surface area contributed by atoms with E-state index in [-0.39, 0.29) is 12.5 Å². The number of aliphatic hydroxyl groups excluding tert-OH is 5. The van der Waals surface area contributed by atoms with E-state index in [1.165, 1.54) is 263 Å². The van der Waals surface area contributed by atoms with Crippen LogP contribution >= 0.6 is 0 Å². The highest BCUT2D eigenvalue weighted by Crippen LogP contribution is 2.23. The molecule has 9 heteroatoms. The van der Waals surface area contributed by atoms with Crippen LogP contribution in [0, 0.1) is 0 Å². The lowest BCUT2D eigenvalue weighted by molar-refractivity contribution is -0.302. The fourth-order valence-electron chi connectivity index (χ4n) is 10.4. The second-order valence-corrected chi connectivity index (χ2v) is 22.6. The molecule has 0 bridgehead atoms. The fraction of sp³-hybridized carbons (Fsp3) is 0.922. The van der Waals surface area contributed by atoms with Crippen LogP contribution in [0.1, 0.15) is 322 Å². The third kappa shape index (κ3) is 43.4. The lowest BCUT2D eigenvalue weighted by Gasteiger charge is -2.40. The number of hydrogen-bond donors (Lipinski definition) is 6. The van der Waals surface area contributed by atoms with Gasteiger partial charge in [0.05, 0.1) is 25.4 Å². The molecule has 7 atom stereocenters. The standard InChI is InChI=1S/C64H123NO8/c1-3-5-7-9-11-13-15-17-18-19-20-21-22-23-24-25-26-27-28-29-30-31-32-33-34-35-36-37-38-39-40-42-44-46-48-50-52-54-60(68)65-57(56-72-64-63(71)62(70)61(69)59(55-66)73-64)58(67)53-51-49-47-45-43-41-16-14-12-10-8-6-4-2/h27-28,51,53,57-59,61-64,66-67,69-71H,3-26,29-50,52,54-56H2,1-2H3,(H,65,68)/b28-27-,53-51+. The van der Waals surface area contributed by atoms with Crippen molar-refractivity contribution in [3.63, 3.8) is 0 Å². The molecule has 1 amide bonds. The second kappa shape index (κ2) is 54.0. The Balaban J connectivity index is 2.04. The van der Waals surface area contributed by atoms with Gasteiger partial charge in [-0.2, -0.15) is 0 Å². The summed E-state index contributed by atoms with van der Waals surface area (Å²) in [6.07, 6.45) is 62.9. The van der Waals surface area contributed by atoms with Crippen molar-refractivity contribution >= 4 is 5.91 Å².